The van der Waals surface area contributed by atoms with Crippen LogP contribution in [0, 0.1) is 11.8 Å². The molecule has 0 fully saturated rings. The smallest absolute Gasteiger partial charge is 0.254 e. The Morgan fingerprint density at radius 1 is 0.966 bits per heavy atom. The van der Waals surface area contributed by atoms with Crippen LogP contribution in [0.4, 0.5) is 0 Å². The van der Waals surface area contributed by atoms with E-state index in [0.29, 0.717) is 46.2 Å². The Hall–Kier alpha value is -2.10. The van der Waals surface area contributed by atoms with Gasteiger partial charge in [-0.2, -0.15) is 0 Å². The first-order valence-electron chi connectivity index (χ1n) is 9.90. The molecule has 0 atom stereocenters. The Morgan fingerprint density at radius 3 is 2.24 bits per heavy atom. The van der Waals surface area contributed by atoms with Gasteiger partial charge in [0.1, 0.15) is 0 Å². The van der Waals surface area contributed by atoms with Crippen molar-refractivity contribution in [1.82, 2.24) is 9.88 Å². The van der Waals surface area contributed by atoms with E-state index in [-0.39, 0.29) is 5.91 Å². The van der Waals surface area contributed by atoms with Crippen LogP contribution in [-0.4, -0.2) is 28.9 Å². The van der Waals surface area contributed by atoms with Crippen molar-refractivity contribution in [1.29, 1.82) is 0 Å². The SMILES string of the molecule is CC(C)CN(CC(C)C)C(=O)c1cc(-c2ccc(Cl)cc2Cl)nc2ccccc12. The number of halogens is 2. The molecular formula is C24H26Cl2N2O. The van der Waals surface area contributed by atoms with Crippen molar-refractivity contribution in [2.45, 2.75) is 27.7 Å². The van der Waals surface area contributed by atoms with Crippen LogP contribution >= 0.6 is 23.2 Å². The normalized spacial score (nSPS) is 11.4. The van der Waals surface area contributed by atoms with Crippen molar-refractivity contribution in [2.24, 2.45) is 11.8 Å². The summed E-state index contributed by atoms with van der Waals surface area (Å²) in [7, 11) is 0. The van der Waals surface area contributed by atoms with Crippen LogP contribution in [0.5, 0.6) is 0 Å². The topological polar surface area (TPSA) is 33.2 Å². The lowest BCUT2D eigenvalue weighted by atomic mass is 10.0. The predicted molar refractivity (Wildman–Crippen MR) is 123 cm³/mol. The zero-order chi connectivity index (χ0) is 21.1. The Labute approximate surface area is 182 Å². The maximum absolute atomic E-state index is 13.6. The van der Waals surface area contributed by atoms with E-state index in [2.05, 4.69) is 27.7 Å². The van der Waals surface area contributed by atoms with Gasteiger partial charge < -0.3 is 4.90 Å². The summed E-state index contributed by atoms with van der Waals surface area (Å²) in [5.41, 5.74) is 2.85. The quantitative estimate of drug-likeness (QED) is 0.424. The lowest BCUT2D eigenvalue weighted by Crippen LogP contribution is -2.37. The van der Waals surface area contributed by atoms with Crippen molar-refractivity contribution < 1.29 is 4.79 Å². The minimum atomic E-state index is 0.0253. The number of pyridine rings is 1. The standard InChI is InChI=1S/C24H26Cl2N2O/c1-15(2)13-28(14-16(3)4)24(29)20-12-23(19-10-9-17(25)11-21(19)26)27-22-8-6-5-7-18(20)22/h5-12,15-16H,13-14H2,1-4H3. The summed E-state index contributed by atoms with van der Waals surface area (Å²) < 4.78 is 0. The molecule has 0 unspecified atom stereocenters. The van der Waals surface area contributed by atoms with E-state index >= 15 is 0 Å². The second-order valence-electron chi connectivity index (χ2n) is 8.19. The van der Waals surface area contributed by atoms with Gasteiger partial charge in [-0.15, -0.1) is 0 Å². The van der Waals surface area contributed by atoms with Crippen LogP contribution in [-0.2, 0) is 0 Å². The molecule has 29 heavy (non-hydrogen) atoms. The van der Waals surface area contributed by atoms with Crippen molar-refractivity contribution in [3.8, 4) is 11.3 Å². The van der Waals surface area contributed by atoms with Gasteiger partial charge in [-0.1, -0.05) is 69.1 Å². The Balaban J connectivity index is 2.16. The molecule has 3 rings (SSSR count). The number of rotatable bonds is 6. The van der Waals surface area contributed by atoms with Crippen LogP contribution in [0.25, 0.3) is 22.2 Å². The maximum Gasteiger partial charge on any atom is 0.254 e. The number of benzene rings is 2. The molecule has 0 saturated carbocycles. The molecule has 1 amide bonds. The monoisotopic (exact) mass is 428 g/mol. The molecular weight excluding hydrogens is 403 g/mol. The highest BCUT2D eigenvalue weighted by molar-refractivity contribution is 6.36. The highest BCUT2D eigenvalue weighted by atomic mass is 35.5. The lowest BCUT2D eigenvalue weighted by Gasteiger charge is -2.27. The number of aromatic nitrogens is 1. The average Bonchev–Trinajstić information content (AvgIpc) is 2.65. The Bertz CT molecular complexity index is 1020. The number of hydrogen-bond acceptors (Lipinski definition) is 2. The fraction of sp³-hybridized carbons (Fsp3) is 0.333. The second-order valence-corrected chi connectivity index (χ2v) is 9.04. The van der Waals surface area contributed by atoms with Crippen molar-refractivity contribution in [3.63, 3.8) is 0 Å². The molecule has 3 aromatic rings. The van der Waals surface area contributed by atoms with E-state index in [0.717, 1.165) is 16.5 Å². The van der Waals surface area contributed by atoms with Gasteiger partial charge in [-0.05, 0) is 42.2 Å². The molecule has 0 N–H and O–H groups in total. The summed E-state index contributed by atoms with van der Waals surface area (Å²) in [6.07, 6.45) is 0. The molecule has 0 spiro atoms. The van der Waals surface area contributed by atoms with Crippen molar-refractivity contribution >= 4 is 40.0 Å². The van der Waals surface area contributed by atoms with E-state index in [9.17, 15) is 4.79 Å². The van der Waals surface area contributed by atoms with Crippen LogP contribution in [0.2, 0.25) is 10.0 Å². The fourth-order valence-electron chi connectivity index (χ4n) is 3.48. The summed E-state index contributed by atoms with van der Waals surface area (Å²) in [6.45, 7) is 9.94. The Morgan fingerprint density at radius 2 is 1.62 bits per heavy atom. The molecule has 0 aliphatic rings. The largest absolute Gasteiger partial charge is 0.338 e. The third-order valence-corrected chi connectivity index (χ3v) is 5.16. The van der Waals surface area contributed by atoms with Crippen LogP contribution in [0.15, 0.2) is 48.5 Å². The van der Waals surface area contributed by atoms with E-state index < -0.39 is 0 Å². The molecule has 0 aliphatic heterocycles. The van der Waals surface area contributed by atoms with Gasteiger partial charge in [0.05, 0.1) is 21.8 Å². The zero-order valence-electron chi connectivity index (χ0n) is 17.2. The van der Waals surface area contributed by atoms with E-state index in [4.69, 9.17) is 28.2 Å². The van der Waals surface area contributed by atoms with Crippen molar-refractivity contribution in [2.75, 3.05) is 13.1 Å². The summed E-state index contributed by atoms with van der Waals surface area (Å²) in [5, 5.41) is 1.93. The third-order valence-electron chi connectivity index (χ3n) is 4.61. The van der Waals surface area contributed by atoms with Gasteiger partial charge in [-0.25, -0.2) is 4.98 Å². The van der Waals surface area contributed by atoms with Gasteiger partial charge in [-0.3, -0.25) is 4.79 Å². The highest BCUT2D eigenvalue weighted by Gasteiger charge is 2.22. The molecule has 3 nitrogen and oxygen atoms in total. The second kappa shape index (κ2) is 9.15. The van der Waals surface area contributed by atoms with E-state index in [1.165, 1.54) is 0 Å². The number of hydrogen-bond donors (Lipinski definition) is 0. The zero-order valence-corrected chi connectivity index (χ0v) is 18.8. The molecule has 152 valence electrons. The minimum absolute atomic E-state index is 0.0253. The number of nitrogens with zero attached hydrogens (tertiary/aromatic N) is 2. The summed E-state index contributed by atoms with van der Waals surface area (Å²) in [5.74, 6) is 0.796. The summed E-state index contributed by atoms with van der Waals surface area (Å²) in [4.78, 5) is 20.3. The predicted octanol–water partition coefficient (Wildman–Crippen LogP) is 6.96. The van der Waals surface area contributed by atoms with Crippen LogP contribution < -0.4 is 0 Å². The third kappa shape index (κ3) is 5.09. The number of amides is 1. The summed E-state index contributed by atoms with van der Waals surface area (Å²) >= 11 is 12.5. The molecule has 0 saturated heterocycles. The maximum atomic E-state index is 13.6. The van der Waals surface area contributed by atoms with E-state index in [1.807, 2.05) is 41.3 Å². The molecule has 5 heteroatoms. The number of para-hydroxylation sites is 1. The fourth-order valence-corrected chi connectivity index (χ4v) is 3.99. The number of carbonyl (C=O) groups is 1. The lowest BCUT2D eigenvalue weighted by molar-refractivity contribution is 0.0717. The molecule has 0 aliphatic carbocycles. The average molecular weight is 429 g/mol. The van der Waals surface area contributed by atoms with Gasteiger partial charge in [0.2, 0.25) is 0 Å². The first-order valence-corrected chi connectivity index (χ1v) is 10.7. The van der Waals surface area contributed by atoms with Crippen molar-refractivity contribution in [3.05, 3.63) is 64.1 Å². The molecule has 0 radical (unpaired) electrons. The van der Waals surface area contributed by atoms with Gasteiger partial charge >= 0.3 is 0 Å². The first-order chi connectivity index (χ1) is 13.8. The van der Waals surface area contributed by atoms with Gasteiger partial charge in [0, 0.05) is 29.1 Å². The minimum Gasteiger partial charge on any atom is -0.338 e. The molecule has 1 heterocycles. The molecule has 2 aromatic carbocycles. The Kier molecular flexibility index (Phi) is 6.81. The van der Waals surface area contributed by atoms with Crippen LogP contribution in [0.1, 0.15) is 38.1 Å². The van der Waals surface area contributed by atoms with E-state index in [1.54, 1.807) is 12.1 Å². The van der Waals surface area contributed by atoms with Gasteiger partial charge in [0.15, 0.2) is 0 Å². The molecule has 0 bridgehead atoms. The molecule has 1 aromatic heterocycles. The first kappa shape index (κ1) is 21.6. The van der Waals surface area contributed by atoms with Gasteiger partial charge in [0.25, 0.3) is 5.91 Å². The summed E-state index contributed by atoms with van der Waals surface area (Å²) in [6, 6.07) is 14.9. The highest BCUT2D eigenvalue weighted by Crippen LogP contribution is 2.32. The number of fused-ring (bicyclic) bond motifs is 1. The van der Waals surface area contributed by atoms with Crippen LogP contribution in [0.3, 0.4) is 0 Å². The number of carbonyl (C=O) groups excluding carboxylic acids is 1.